The van der Waals surface area contributed by atoms with Crippen LogP contribution >= 0.6 is 0 Å². The van der Waals surface area contributed by atoms with Crippen LogP contribution in [-0.2, 0) is 6.54 Å². The molecule has 0 bridgehead atoms. The maximum absolute atomic E-state index is 13.5. The van der Waals surface area contributed by atoms with Crippen LogP contribution in [-0.4, -0.2) is 12.2 Å². The molecule has 2 N–H and O–H groups in total. The molecule has 0 saturated carbocycles. The van der Waals surface area contributed by atoms with Gasteiger partial charge in [0.2, 0.25) is 0 Å². The standard InChI is InChI=1S/C14H14FNO2/c1-18-11-6-7-12(15)13(8-11)16-9-10-4-2-3-5-14(10)17/h2-8,16-17H,9H2,1H3. The van der Waals surface area contributed by atoms with Crippen LogP contribution in [0.3, 0.4) is 0 Å². The Hall–Kier alpha value is -2.23. The van der Waals surface area contributed by atoms with Gasteiger partial charge in [-0.15, -0.1) is 0 Å². The van der Waals surface area contributed by atoms with E-state index in [9.17, 15) is 9.50 Å². The molecule has 3 nitrogen and oxygen atoms in total. The number of phenols is 1. The van der Waals surface area contributed by atoms with Crippen molar-refractivity contribution in [3.63, 3.8) is 0 Å². The summed E-state index contributed by atoms with van der Waals surface area (Å²) in [5, 5.41) is 12.5. The minimum atomic E-state index is -0.355. The van der Waals surface area contributed by atoms with Gasteiger partial charge in [-0.05, 0) is 18.2 Å². The SMILES string of the molecule is COc1ccc(F)c(NCc2ccccc2O)c1. The first-order valence-electron chi connectivity index (χ1n) is 5.55. The highest BCUT2D eigenvalue weighted by molar-refractivity contribution is 5.50. The molecule has 2 aromatic carbocycles. The Balaban J connectivity index is 2.13. The Kier molecular flexibility index (Phi) is 3.67. The third-order valence-electron chi connectivity index (χ3n) is 2.63. The van der Waals surface area contributed by atoms with Crippen LogP contribution in [0.4, 0.5) is 10.1 Å². The van der Waals surface area contributed by atoms with E-state index in [1.807, 2.05) is 6.07 Å². The molecule has 0 amide bonds. The third-order valence-corrected chi connectivity index (χ3v) is 2.63. The second-order valence-corrected chi connectivity index (χ2v) is 3.83. The molecule has 0 aliphatic carbocycles. The second-order valence-electron chi connectivity index (χ2n) is 3.83. The van der Waals surface area contributed by atoms with E-state index in [1.54, 1.807) is 30.3 Å². The maximum atomic E-state index is 13.5. The molecule has 94 valence electrons. The van der Waals surface area contributed by atoms with Crippen molar-refractivity contribution in [1.29, 1.82) is 0 Å². The van der Waals surface area contributed by atoms with Gasteiger partial charge in [0, 0.05) is 18.2 Å². The zero-order chi connectivity index (χ0) is 13.0. The summed E-state index contributed by atoms with van der Waals surface area (Å²) in [7, 11) is 1.53. The number of para-hydroxylation sites is 1. The van der Waals surface area contributed by atoms with E-state index >= 15 is 0 Å². The number of anilines is 1. The second kappa shape index (κ2) is 5.40. The normalized spacial score (nSPS) is 10.1. The summed E-state index contributed by atoms with van der Waals surface area (Å²) in [5.74, 6) is 0.413. The highest BCUT2D eigenvalue weighted by atomic mass is 19.1. The van der Waals surface area contributed by atoms with Gasteiger partial charge in [0.05, 0.1) is 12.8 Å². The first-order chi connectivity index (χ1) is 8.70. The average molecular weight is 247 g/mol. The predicted molar refractivity (Wildman–Crippen MR) is 68.4 cm³/mol. The van der Waals surface area contributed by atoms with Crippen LogP contribution in [0, 0.1) is 5.82 Å². The van der Waals surface area contributed by atoms with Gasteiger partial charge in [-0.2, -0.15) is 0 Å². The summed E-state index contributed by atoms with van der Waals surface area (Å²) >= 11 is 0. The van der Waals surface area contributed by atoms with Gasteiger partial charge in [0.25, 0.3) is 0 Å². The van der Waals surface area contributed by atoms with Crippen molar-refractivity contribution in [2.75, 3.05) is 12.4 Å². The van der Waals surface area contributed by atoms with Gasteiger partial charge in [-0.25, -0.2) is 4.39 Å². The fraction of sp³-hybridized carbons (Fsp3) is 0.143. The van der Waals surface area contributed by atoms with E-state index in [0.29, 0.717) is 23.5 Å². The van der Waals surface area contributed by atoms with Crippen LogP contribution in [0.15, 0.2) is 42.5 Å². The largest absolute Gasteiger partial charge is 0.508 e. The lowest BCUT2D eigenvalue weighted by atomic mass is 10.2. The van der Waals surface area contributed by atoms with Crippen molar-refractivity contribution >= 4 is 5.69 Å². The molecular formula is C14H14FNO2. The minimum Gasteiger partial charge on any atom is -0.508 e. The molecule has 4 heteroatoms. The van der Waals surface area contributed by atoms with Gasteiger partial charge >= 0.3 is 0 Å². The minimum absolute atomic E-state index is 0.188. The molecule has 2 rings (SSSR count). The van der Waals surface area contributed by atoms with Crippen LogP contribution in [0.1, 0.15) is 5.56 Å². The Bertz CT molecular complexity index is 543. The lowest BCUT2D eigenvalue weighted by Crippen LogP contribution is -2.02. The van der Waals surface area contributed by atoms with Crippen molar-refractivity contribution in [3.8, 4) is 11.5 Å². The zero-order valence-electron chi connectivity index (χ0n) is 9.98. The number of rotatable bonds is 4. The quantitative estimate of drug-likeness (QED) is 0.872. The third kappa shape index (κ3) is 2.71. The van der Waals surface area contributed by atoms with E-state index in [4.69, 9.17) is 4.74 Å². The van der Waals surface area contributed by atoms with Crippen LogP contribution in [0.25, 0.3) is 0 Å². The predicted octanol–water partition coefficient (Wildman–Crippen LogP) is 3.15. The van der Waals surface area contributed by atoms with Gasteiger partial charge in [-0.1, -0.05) is 18.2 Å². The monoisotopic (exact) mass is 247 g/mol. The van der Waals surface area contributed by atoms with Gasteiger partial charge in [-0.3, -0.25) is 0 Å². The molecule has 0 saturated heterocycles. The average Bonchev–Trinajstić information content (AvgIpc) is 2.39. The highest BCUT2D eigenvalue weighted by Crippen LogP contribution is 2.23. The van der Waals surface area contributed by atoms with Crippen LogP contribution < -0.4 is 10.1 Å². The number of aromatic hydroxyl groups is 1. The number of hydrogen-bond acceptors (Lipinski definition) is 3. The van der Waals surface area contributed by atoms with Crippen LogP contribution in [0.5, 0.6) is 11.5 Å². The zero-order valence-corrected chi connectivity index (χ0v) is 9.98. The Labute approximate surface area is 105 Å². The number of methoxy groups -OCH3 is 1. The number of halogens is 1. The van der Waals surface area contributed by atoms with E-state index in [-0.39, 0.29) is 11.6 Å². The van der Waals surface area contributed by atoms with Crippen molar-refractivity contribution in [2.45, 2.75) is 6.54 Å². The fourth-order valence-electron chi connectivity index (χ4n) is 1.62. The summed E-state index contributed by atoms with van der Waals surface area (Å²) in [6, 6.07) is 11.4. The molecule has 0 spiro atoms. The molecule has 2 aromatic rings. The van der Waals surface area contributed by atoms with Crippen molar-refractivity contribution in [2.24, 2.45) is 0 Å². The number of nitrogens with one attached hydrogen (secondary N) is 1. The van der Waals surface area contributed by atoms with E-state index in [0.717, 1.165) is 0 Å². The number of ether oxygens (including phenoxy) is 1. The summed E-state index contributed by atoms with van der Waals surface area (Å²) in [4.78, 5) is 0. The Morgan fingerprint density at radius 1 is 1.22 bits per heavy atom. The van der Waals surface area contributed by atoms with Gasteiger partial charge in [0.15, 0.2) is 0 Å². The molecule has 18 heavy (non-hydrogen) atoms. The summed E-state index contributed by atoms with van der Waals surface area (Å²) < 4.78 is 18.6. The number of benzene rings is 2. The Morgan fingerprint density at radius 3 is 2.72 bits per heavy atom. The maximum Gasteiger partial charge on any atom is 0.146 e. The topological polar surface area (TPSA) is 41.5 Å². The molecule has 0 heterocycles. The van der Waals surface area contributed by atoms with Crippen molar-refractivity contribution in [1.82, 2.24) is 0 Å². The highest BCUT2D eigenvalue weighted by Gasteiger charge is 2.05. The Morgan fingerprint density at radius 2 is 2.00 bits per heavy atom. The van der Waals surface area contributed by atoms with E-state index in [2.05, 4.69) is 5.32 Å². The van der Waals surface area contributed by atoms with Gasteiger partial charge < -0.3 is 15.2 Å². The molecule has 0 aliphatic heterocycles. The fourth-order valence-corrected chi connectivity index (χ4v) is 1.62. The molecule has 0 aliphatic rings. The first-order valence-corrected chi connectivity index (χ1v) is 5.55. The van der Waals surface area contributed by atoms with Gasteiger partial charge in [0.1, 0.15) is 17.3 Å². The smallest absolute Gasteiger partial charge is 0.146 e. The lowest BCUT2D eigenvalue weighted by molar-refractivity contribution is 0.414. The lowest BCUT2D eigenvalue weighted by Gasteiger charge is -2.10. The van der Waals surface area contributed by atoms with E-state index < -0.39 is 0 Å². The molecular weight excluding hydrogens is 233 g/mol. The molecule has 0 atom stereocenters. The molecule has 0 fully saturated rings. The molecule has 0 aromatic heterocycles. The first kappa shape index (κ1) is 12.2. The van der Waals surface area contributed by atoms with Crippen LogP contribution in [0.2, 0.25) is 0 Å². The summed E-state index contributed by atoms with van der Waals surface area (Å²) in [5.41, 5.74) is 1.05. The van der Waals surface area contributed by atoms with Crippen molar-refractivity contribution < 1.29 is 14.2 Å². The van der Waals surface area contributed by atoms with E-state index in [1.165, 1.54) is 13.2 Å². The molecule has 0 radical (unpaired) electrons. The summed E-state index contributed by atoms with van der Waals surface area (Å²) in [6.45, 7) is 0.344. The number of hydrogen-bond donors (Lipinski definition) is 2. The number of phenolic OH excluding ortho intramolecular Hbond substituents is 1. The van der Waals surface area contributed by atoms with Crippen molar-refractivity contribution in [3.05, 3.63) is 53.8 Å². The molecule has 0 unspecified atom stereocenters. The summed E-state index contributed by atoms with van der Waals surface area (Å²) in [6.07, 6.45) is 0.